The van der Waals surface area contributed by atoms with Crippen molar-refractivity contribution in [2.45, 2.75) is 86.1 Å². The number of cyclic esters (lactones) is 1. The number of nitrogens with one attached hydrogen (secondary N) is 4. The summed E-state index contributed by atoms with van der Waals surface area (Å²) in [5.74, 6) is -1.94. The Morgan fingerprint density at radius 3 is 2.34 bits per heavy atom. The fourth-order valence-electron chi connectivity index (χ4n) is 8.52. The molecule has 1 heterocycles. The number of amides is 4. The lowest BCUT2D eigenvalue weighted by Crippen LogP contribution is -2.52. The first kappa shape index (κ1) is 49.2. The van der Waals surface area contributed by atoms with Gasteiger partial charge in [0.1, 0.15) is 31.7 Å². The van der Waals surface area contributed by atoms with Gasteiger partial charge in [0.2, 0.25) is 23.6 Å². The number of Topliss-reactive ketones (excluding diaryl/α,β-unsaturated/α-hetero) is 1. The maximum Gasteiger partial charge on any atom is 0.316 e. The molecule has 0 saturated heterocycles. The first-order valence-corrected chi connectivity index (χ1v) is 22.3. The largest absolute Gasteiger partial charge is 0.491 e. The van der Waals surface area contributed by atoms with Crippen molar-refractivity contribution in [3.05, 3.63) is 106 Å². The van der Waals surface area contributed by atoms with Crippen molar-refractivity contribution in [1.82, 2.24) is 21.3 Å². The molecule has 14 nitrogen and oxygen atoms in total. The average Bonchev–Trinajstić information content (AvgIpc) is 3.26. The summed E-state index contributed by atoms with van der Waals surface area (Å²) in [6.45, 7) is 16.1. The van der Waals surface area contributed by atoms with Crippen molar-refractivity contribution >= 4 is 41.0 Å². The smallest absolute Gasteiger partial charge is 0.316 e. The van der Waals surface area contributed by atoms with E-state index in [2.05, 4.69) is 48.6 Å². The van der Waals surface area contributed by atoms with Gasteiger partial charge in [-0.1, -0.05) is 76.2 Å². The highest BCUT2D eigenvalue weighted by Gasteiger charge is 2.52. The van der Waals surface area contributed by atoms with Crippen LogP contribution in [0.25, 0.3) is 5.57 Å². The molecule has 1 aliphatic heterocycles. The highest BCUT2D eigenvalue weighted by atomic mass is 16.5. The Morgan fingerprint density at radius 2 is 1.67 bits per heavy atom. The minimum absolute atomic E-state index is 0.00174. The van der Waals surface area contributed by atoms with Crippen LogP contribution in [0.3, 0.4) is 0 Å². The molecule has 6 N–H and O–H groups in total. The Morgan fingerprint density at radius 1 is 0.953 bits per heavy atom. The molecule has 2 unspecified atom stereocenters. The maximum absolute atomic E-state index is 14.2. The summed E-state index contributed by atoms with van der Waals surface area (Å²) in [6, 6.07) is 14.0. The number of hydrogen-bond acceptors (Lipinski definition) is 10. The van der Waals surface area contributed by atoms with E-state index in [0.29, 0.717) is 24.2 Å². The van der Waals surface area contributed by atoms with Gasteiger partial charge in [-0.3, -0.25) is 28.8 Å². The SMILES string of the molecule is C=C1C(C)=CC2=C(COC(=O)[C@@]2(C)C2CCC2)C(=O)C(C)C(C)C/C1=C(\CC)c1cc(OCCOCNC(=O)CNC(=O)[C@H](Cc2ccccc2)NC(=O)CNC(=O)CN)ccc1C. The molecular weight excluding hydrogens is 815 g/mol. The lowest BCUT2D eigenvalue weighted by atomic mass is 9.60. The molecule has 1 fully saturated rings. The molecule has 4 atom stereocenters. The van der Waals surface area contributed by atoms with Crippen LogP contribution in [0, 0.1) is 30.1 Å². The molecule has 14 heteroatoms. The van der Waals surface area contributed by atoms with Gasteiger partial charge in [-0.15, -0.1) is 0 Å². The number of ketones is 1. The number of nitrogens with two attached hydrogens (primary N) is 1. The predicted molar refractivity (Wildman–Crippen MR) is 244 cm³/mol. The van der Waals surface area contributed by atoms with E-state index in [1.807, 2.05) is 75.4 Å². The van der Waals surface area contributed by atoms with Crippen LogP contribution in [0.1, 0.15) is 83.4 Å². The number of allylic oxidation sites excluding steroid dienone is 5. The fraction of sp³-hybridized carbons (Fsp3) is 0.480. The van der Waals surface area contributed by atoms with Crippen LogP contribution in [0.2, 0.25) is 0 Å². The number of benzene rings is 2. The minimum atomic E-state index is -0.999. The lowest BCUT2D eigenvalue weighted by Gasteiger charge is -2.45. The second-order valence-electron chi connectivity index (χ2n) is 17.2. The lowest BCUT2D eigenvalue weighted by molar-refractivity contribution is -0.158. The van der Waals surface area contributed by atoms with E-state index >= 15 is 0 Å². The predicted octanol–water partition coefficient (Wildman–Crippen LogP) is 4.95. The summed E-state index contributed by atoms with van der Waals surface area (Å²) in [6.07, 6.45) is 6.45. The highest BCUT2D eigenvalue weighted by molar-refractivity contribution is 6.02. The quantitative estimate of drug-likeness (QED) is 0.0775. The normalized spacial score (nSPS) is 21.6. The van der Waals surface area contributed by atoms with Gasteiger partial charge in [-0.25, -0.2) is 0 Å². The van der Waals surface area contributed by atoms with Crippen LogP contribution in [0.4, 0.5) is 0 Å². The summed E-state index contributed by atoms with van der Waals surface area (Å²) in [4.78, 5) is 77.3. The van der Waals surface area contributed by atoms with E-state index in [-0.39, 0.29) is 82.1 Å². The molecule has 1 saturated carbocycles. The van der Waals surface area contributed by atoms with Crippen molar-refractivity contribution in [2.75, 3.05) is 46.2 Å². The summed E-state index contributed by atoms with van der Waals surface area (Å²) >= 11 is 0. The molecule has 2 aromatic rings. The number of esters is 1. The van der Waals surface area contributed by atoms with Crippen LogP contribution in [-0.2, 0) is 44.7 Å². The van der Waals surface area contributed by atoms with Gasteiger partial charge in [0.05, 0.1) is 31.7 Å². The third-order valence-electron chi connectivity index (χ3n) is 13.0. The van der Waals surface area contributed by atoms with E-state index in [9.17, 15) is 28.8 Å². The van der Waals surface area contributed by atoms with E-state index < -0.39 is 35.1 Å². The number of rotatable bonds is 18. The van der Waals surface area contributed by atoms with Crippen molar-refractivity contribution in [1.29, 1.82) is 0 Å². The molecule has 0 aromatic heterocycles. The van der Waals surface area contributed by atoms with E-state index in [1.54, 1.807) is 0 Å². The zero-order valence-electron chi connectivity index (χ0n) is 38.2. The number of ether oxygens (including phenoxy) is 3. The Kier molecular flexibility index (Phi) is 17.4. The van der Waals surface area contributed by atoms with Gasteiger partial charge < -0.3 is 41.2 Å². The first-order chi connectivity index (χ1) is 30.6. The number of carbonyl (C=O) groups is 6. The number of hydrogen-bond donors (Lipinski definition) is 5. The van der Waals surface area contributed by atoms with Crippen LogP contribution in [0.5, 0.6) is 5.75 Å². The third kappa shape index (κ3) is 12.0. The maximum atomic E-state index is 14.2. The average molecular weight is 880 g/mol. The van der Waals surface area contributed by atoms with Gasteiger partial charge in [0.15, 0.2) is 5.78 Å². The molecular formula is C50H65N5O9. The molecule has 4 amide bonds. The van der Waals surface area contributed by atoms with Gasteiger partial charge in [-0.2, -0.15) is 0 Å². The minimum Gasteiger partial charge on any atom is -0.491 e. The monoisotopic (exact) mass is 879 g/mol. The molecule has 5 rings (SSSR count). The Hall–Kier alpha value is -5.86. The van der Waals surface area contributed by atoms with Gasteiger partial charge in [-0.05, 0) is 115 Å². The van der Waals surface area contributed by atoms with Crippen molar-refractivity contribution in [3.8, 4) is 5.75 Å². The molecule has 2 aromatic carbocycles. The molecule has 0 radical (unpaired) electrons. The molecule has 0 spiro atoms. The van der Waals surface area contributed by atoms with Crippen LogP contribution < -0.4 is 31.7 Å². The van der Waals surface area contributed by atoms with Crippen molar-refractivity contribution in [3.63, 3.8) is 0 Å². The Bertz CT molecular complexity index is 2190. The Balaban J connectivity index is 1.19. The van der Waals surface area contributed by atoms with Crippen molar-refractivity contribution < 1.29 is 43.0 Å². The summed E-state index contributed by atoms with van der Waals surface area (Å²) in [5, 5.41) is 10.1. The van der Waals surface area contributed by atoms with Crippen molar-refractivity contribution in [2.24, 2.45) is 28.9 Å². The van der Waals surface area contributed by atoms with Crippen LogP contribution >= 0.6 is 0 Å². The molecule has 2 aliphatic carbocycles. The van der Waals surface area contributed by atoms with E-state index in [4.69, 9.17) is 19.9 Å². The standard InChI is InChI=1S/C50H65N5O9/c1-8-38(40-21-31(3)34(6)47(59)41-28-64-49(61)50(7,36-15-12-16-36)42(41)22-32(4)33(40)5)39-24-37(18-17-30(39)2)63-20-19-62-29-54-45(57)26-53-48(60)43(23-35-13-10-9-11-14-35)55-46(58)27-52-44(56)25-51/h9-11,13-14,17-18,22,24,31,34,36,43H,5,8,12,15-16,19-21,23,25-29,51H2,1-4,6-7H3,(H,52,56)(H,53,60)(H,54,57)(H,55,58)/b32-22?,40-38-/t31?,34?,43-,50-/m0/s1. The summed E-state index contributed by atoms with van der Waals surface area (Å²) in [7, 11) is 0. The fourth-order valence-corrected chi connectivity index (χ4v) is 8.52. The second kappa shape index (κ2) is 22.7. The molecule has 3 aliphatic rings. The highest BCUT2D eigenvalue weighted by Crippen LogP contribution is 2.52. The Labute approximate surface area is 376 Å². The molecule has 344 valence electrons. The topological polar surface area (TPSA) is 204 Å². The second-order valence-corrected chi connectivity index (χ2v) is 17.2. The number of aryl methyl sites for hydroxylation is 1. The van der Waals surface area contributed by atoms with Gasteiger partial charge in [0, 0.05) is 17.9 Å². The van der Waals surface area contributed by atoms with Gasteiger partial charge >= 0.3 is 5.97 Å². The van der Waals surface area contributed by atoms with Gasteiger partial charge in [0.25, 0.3) is 0 Å². The number of carbonyl (C=O) groups excluding carboxylic acids is 6. The molecule has 64 heavy (non-hydrogen) atoms. The first-order valence-electron chi connectivity index (χ1n) is 22.3. The molecule has 0 bridgehead atoms. The zero-order chi connectivity index (χ0) is 46.6. The van der Waals surface area contributed by atoms with Crippen LogP contribution in [-0.4, -0.2) is 87.6 Å². The third-order valence-corrected chi connectivity index (χ3v) is 13.0. The summed E-state index contributed by atoms with van der Waals surface area (Å²) < 4.78 is 17.5. The van der Waals surface area contributed by atoms with Crippen LogP contribution in [0.15, 0.2) is 89.1 Å². The van der Waals surface area contributed by atoms with E-state index in [0.717, 1.165) is 63.8 Å². The zero-order valence-corrected chi connectivity index (χ0v) is 38.2. The summed E-state index contributed by atoms with van der Waals surface area (Å²) in [5.41, 5.74) is 12.7. The van der Waals surface area contributed by atoms with E-state index in [1.165, 1.54) is 0 Å².